The predicted molar refractivity (Wildman–Crippen MR) is 93.3 cm³/mol. The molecule has 28 heavy (non-hydrogen) atoms. The number of hydrogen-bond acceptors (Lipinski definition) is 6. The van der Waals surface area contributed by atoms with Crippen molar-refractivity contribution in [2.75, 3.05) is 13.2 Å². The minimum Gasteiger partial charge on any atom is -0.459 e. The summed E-state index contributed by atoms with van der Waals surface area (Å²) >= 11 is 0. The third kappa shape index (κ3) is 4.70. The molecule has 0 N–H and O–H groups in total. The van der Waals surface area contributed by atoms with E-state index in [4.69, 9.17) is 4.74 Å². The van der Waals surface area contributed by atoms with Crippen LogP contribution < -0.4 is 0 Å². The molecule has 0 atom stereocenters. The molecule has 0 aliphatic heterocycles. The summed E-state index contributed by atoms with van der Waals surface area (Å²) in [6.45, 7) is 3.89. The molecule has 0 heterocycles. The lowest BCUT2D eigenvalue weighted by Gasteiger charge is -2.55. The molecule has 0 amide bonds. The zero-order chi connectivity index (χ0) is 20.5. The molecule has 0 aromatic heterocycles. The van der Waals surface area contributed by atoms with Crippen LogP contribution in [0.15, 0.2) is 12.2 Å². The van der Waals surface area contributed by atoms with Crippen LogP contribution in [-0.2, 0) is 28.6 Å². The molecule has 4 saturated carbocycles. The van der Waals surface area contributed by atoms with Crippen molar-refractivity contribution in [3.05, 3.63) is 12.2 Å². The van der Waals surface area contributed by atoms with Crippen LogP contribution in [0.3, 0.4) is 0 Å². The first-order valence-electron chi connectivity index (χ1n) is 9.68. The Labute approximate surface area is 162 Å². The van der Waals surface area contributed by atoms with Gasteiger partial charge in [0, 0.05) is 5.57 Å². The standard InChI is InChI=1S/C20H26F2O6/c1-12(2)17(24)26-3-4-27-18(25)20(21,22)11-16(23)28-19-8-13-5-14(9-19)7-15(6-13)10-19/h13-15H,1,3-11H2,2H3. The molecule has 4 aliphatic carbocycles. The zero-order valence-electron chi connectivity index (χ0n) is 16.0. The third-order valence-corrected chi connectivity index (χ3v) is 5.88. The van der Waals surface area contributed by atoms with Crippen molar-refractivity contribution in [1.29, 1.82) is 0 Å². The number of rotatable bonds is 8. The summed E-state index contributed by atoms with van der Waals surface area (Å²) in [5, 5.41) is 0. The average Bonchev–Trinajstić information content (AvgIpc) is 2.55. The monoisotopic (exact) mass is 400 g/mol. The molecule has 0 spiro atoms. The van der Waals surface area contributed by atoms with Crippen molar-refractivity contribution in [3.63, 3.8) is 0 Å². The van der Waals surface area contributed by atoms with Crippen LogP contribution in [0, 0.1) is 17.8 Å². The van der Waals surface area contributed by atoms with E-state index < -0.39 is 42.5 Å². The van der Waals surface area contributed by atoms with Crippen LogP contribution in [0.2, 0.25) is 0 Å². The maximum absolute atomic E-state index is 14.0. The molecule has 4 rings (SSSR count). The minimum atomic E-state index is -3.99. The second-order valence-corrected chi connectivity index (χ2v) is 8.51. The number of carbonyl (C=O) groups excluding carboxylic acids is 3. The van der Waals surface area contributed by atoms with Gasteiger partial charge in [-0.2, -0.15) is 8.78 Å². The van der Waals surface area contributed by atoms with Gasteiger partial charge in [-0.05, 0) is 63.2 Å². The maximum Gasteiger partial charge on any atom is 0.377 e. The minimum absolute atomic E-state index is 0.143. The number of ether oxygens (including phenoxy) is 3. The Morgan fingerprint density at radius 2 is 1.50 bits per heavy atom. The molecule has 0 radical (unpaired) electrons. The van der Waals surface area contributed by atoms with Crippen LogP contribution in [-0.4, -0.2) is 42.6 Å². The van der Waals surface area contributed by atoms with Gasteiger partial charge in [0.2, 0.25) is 0 Å². The van der Waals surface area contributed by atoms with Gasteiger partial charge < -0.3 is 14.2 Å². The van der Waals surface area contributed by atoms with Crippen molar-refractivity contribution in [2.45, 2.75) is 63.4 Å². The molecule has 156 valence electrons. The largest absolute Gasteiger partial charge is 0.459 e. The van der Waals surface area contributed by atoms with Gasteiger partial charge >= 0.3 is 23.8 Å². The second kappa shape index (κ2) is 7.79. The molecule has 0 saturated heterocycles. The van der Waals surface area contributed by atoms with Crippen molar-refractivity contribution in [1.82, 2.24) is 0 Å². The topological polar surface area (TPSA) is 78.9 Å². The van der Waals surface area contributed by atoms with Crippen LogP contribution in [0.25, 0.3) is 0 Å². The molecule has 6 nitrogen and oxygen atoms in total. The lowest BCUT2D eigenvalue weighted by molar-refractivity contribution is -0.198. The van der Waals surface area contributed by atoms with E-state index in [0.29, 0.717) is 17.8 Å². The highest BCUT2D eigenvalue weighted by Gasteiger charge is 2.54. The molecule has 0 aromatic carbocycles. The van der Waals surface area contributed by atoms with Crippen molar-refractivity contribution in [2.24, 2.45) is 17.8 Å². The second-order valence-electron chi connectivity index (χ2n) is 8.51. The van der Waals surface area contributed by atoms with Crippen LogP contribution >= 0.6 is 0 Å². The van der Waals surface area contributed by atoms with E-state index in [9.17, 15) is 23.2 Å². The smallest absolute Gasteiger partial charge is 0.377 e. The molecule has 0 unspecified atom stereocenters. The van der Waals surface area contributed by atoms with E-state index in [1.54, 1.807) is 0 Å². The van der Waals surface area contributed by atoms with Crippen LogP contribution in [0.5, 0.6) is 0 Å². The number of hydrogen-bond donors (Lipinski definition) is 0. The maximum atomic E-state index is 14.0. The first kappa shape index (κ1) is 20.7. The van der Waals surface area contributed by atoms with Gasteiger partial charge in [-0.3, -0.25) is 4.79 Å². The van der Waals surface area contributed by atoms with Gasteiger partial charge in [0.05, 0.1) is 0 Å². The van der Waals surface area contributed by atoms with Gasteiger partial charge in [-0.25, -0.2) is 9.59 Å². The lowest BCUT2D eigenvalue weighted by atomic mass is 9.54. The van der Waals surface area contributed by atoms with Crippen molar-refractivity contribution in [3.8, 4) is 0 Å². The number of alkyl halides is 2. The van der Waals surface area contributed by atoms with Gasteiger partial charge in [-0.15, -0.1) is 0 Å². The van der Waals surface area contributed by atoms with Crippen LogP contribution in [0.1, 0.15) is 51.9 Å². The Morgan fingerprint density at radius 3 is 2.00 bits per heavy atom. The SMILES string of the molecule is C=C(C)C(=O)OCCOC(=O)C(F)(F)CC(=O)OC12CC3CC(CC(C3)C1)C2. The summed E-state index contributed by atoms with van der Waals surface area (Å²) in [5.41, 5.74) is -0.494. The zero-order valence-corrected chi connectivity index (χ0v) is 16.0. The fraction of sp³-hybridized carbons (Fsp3) is 0.750. The summed E-state index contributed by atoms with van der Waals surface area (Å²) in [6, 6.07) is 0. The normalized spacial score (nSPS) is 30.6. The number of carbonyl (C=O) groups is 3. The Kier molecular flexibility index (Phi) is 5.77. The predicted octanol–water partition coefficient (Wildman–Crippen LogP) is 3.19. The lowest BCUT2D eigenvalue weighted by Crippen LogP contribution is -2.53. The van der Waals surface area contributed by atoms with E-state index in [1.807, 2.05) is 0 Å². The summed E-state index contributed by atoms with van der Waals surface area (Å²) in [5.74, 6) is -6.08. The summed E-state index contributed by atoms with van der Waals surface area (Å²) in [7, 11) is 0. The fourth-order valence-electron chi connectivity index (χ4n) is 5.18. The van der Waals surface area contributed by atoms with E-state index in [0.717, 1.165) is 38.5 Å². The molecule has 4 bridgehead atoms. The van der Waals surface area contributed by atoms with Crippen LogP contribution in [0.4, 0.5) is 8.78 Å². The first-order valence-corrected chi connectivity index (χ1v) is 9.68. The summed E-state index contributed by atoms with van der Waals surface area (Å²) in [6.07, 6.45) is 4.25. The Hall–Kier alpha value is -1.99. The van der Waals surface area contributed by atoms with Gasteiger partial charge in [0.25, 0.3) is 0 Å². The fourth-order valence-corrected chi connectivity index (χ4v) is 5.18. The van der Waals surface area contributed by atoms with E-state index in [2.05, 4.69) is 16.1 Å². The highest BCUT2D eigenvalue weighted by molar-refractivity contribution is 5.87. The summed E-state index contributed by atoms with van der Waals surface area (Å²) in [4.78, 5) is 34.9. The quantitative estimate of drug-likeness (QED) is 0.270. The Bertz CT molecular complexity index is 636. The van der Waals surface area contributed by atoms with E-state index in [-0.39, 0.29) is 12.2 Å². The van der Waals surface area contributed by atoms with E-state index >= 15 is 0 Å². The molecular weight excluding hydrogens is 374 g/mol. The van der Waals surface area contributed by atoms with Gasteiger partial charge in [0.15, 0.2) is 0 Å². The van der Waals surface area contributed by atoms with Crippen molar-refractivity contribution >= 4 is 17.9 Å². The number of halogens is 2. The van der Waals surface area contributed by atoms with E-state index in [1.165, 1.54) is 6.92 Å². The highest BCUT2D eigenvalue weighted by atomic mass is 19.3. The molecule has 4 aliphatic rings. The Morgan fingerprint density at radius 1 is 1.00 bits per heavy atom. The average molecular weight is 400 g/mol. The summed E-state index contributed by atoms with van der Waals surface area (Å²) < 4.78 is 42.7. The number of esters is 3. The highest BCUT2D eigenvalue weighted by Crippen LogP contribution is 2.57. The van der Waals surface area contributed by atoms with Gasteiger partial charge in [-0.1, -0.05) is 6.58 Å². The molecular formula is C20H26F2O6. The van der Waals surface area contributed by atoms with Gasteiger partial charge in [0.1, 0.15) is 25.2 Å². The third-order valence-electron chi connectivity index (χ3n) is 5.88. The molecule has 4 fully saturated rings. The van der Waals surface area contributed by atoms with Crippen molar-refractivity contribution < 1.29 is 37.4 Å². The Balaban J connectivity index is 1.45. The molecule has 8 heteroatoms. The first-order chi connectivity index (χ1) is 13.1. The molecule has 0 aromatic rings.